The van der Waals surface area contributed by atoms with Crippen LogP contribution < -0.4 is 5.32 Å². The van der Waals surface area contributed by atoms with Gasteiger partial charge in [-0.2, -0.15) is 0 Å². The van der Waals surface area contributed by atoms with Crippen molar-refractivity contribution in [3.63, 3.8) is 0 Å². The number of hydrogen-bond acceptors (Lipinski definition) is 6. The number of nitrogens with one attached hydrogen (secondary N) is 2. The molecular formula is C26H34Cl2N4O4. The topological polar surface area (TPSA) is 123 Å². The van der Waals surface area contributed by atoms with Crippen molar-refractivity contribution in [1.82, 2.24) is 15.2 Å². The third kappa shape index (κ3) is 6.85. The van der Waals surface area contributed by atoms with Gasteiger partial charge in [-0.1, -0.05) is 37.0 Å². The van der Waals surface area contributed by atoms with E-state index in [1.165, 1.54) is 17.3 Å². The second-order valence-electron chi connectivity index (χ2n) is 10.7. The lowest BCUT2D eigenvalue weighted by Gasteiger charge is -2.44. The number of aromatic nitrogens is 1. The van der Waals surface area contributed by atoms with Crippen molar-refractivity contribution in [1.29, 1.82) is 5.41 Å². The first-order chi connectivity index (χ1) is 16.9. The number of carbonyl (C=O) groups is 3. The Kier molecular flexibility index (Phi) is 9.17. The van der Waals surface area contributed by atoms with E-state index in [1.54, 1.807) is 6.92 Å². The molecule has 10 heteroatoms. The number of ketones is 1. The maximum Gasteiger partial charge on any atom is 0.306 e. The Labute approximate surface area is 221 Å². The number of pyridine rings is 1. The van der Waals surface area contributed by atoms with E-state index in [0.29, 0.717) is 37.9 Å². The van der Waals surface area contributed by atoms with E-state index in [2.05, 4.69) is 24.1 Å². The van der Waals surface area contributed by atoms with Gasteiger partial charge in [0.2, 0.25) is 0 Å². The van der Waals surface area contributed by atoms with Crippen LogP contribution in [0.5, 0.6) is 0 Å². The van der Waals surface area contributed by atoms with Crippen LogP contribution in [0, 0.1) is 22.7 Å². The van der Waals surface area contributed by atoms with Gasteiger partial charge in [0.15, 0.2) is 5.78 Å². The van der Waals surface area contributed by atoms with Gasteiger partial charge in [0, 0.05) is 36.9 Å². The number of carboxylic acid groups (broad SMARTS) is 1. The molecule has 2 fully saturated rings. The highest BCUT2D eigenvalue weighted by atomic mass is 35.5. The van der Waals surface area contributed by atoms with Crippen molar-refractivity contribution in [3.8, 4) is 0 Å². The van der Waals surface area contributed by atoms with Crippen LogP contribution in [-0.4, -0.2) is 58.0 Å². The number of hydrogen-bond donors (Lipinski definition) is 3. The first-order valence-electron chi connectivity index (χ1n) is 12.2. The molecule has 2 saturated carbocycles. The number of carboxylic acids is 1. The van der Waals surface area contributed by atoms with Crippen LogP contribution in [0.25, 0.3) is 0 Å². The number of allylic oxidation sites excluding steroid dienone is 1. The first kappa shape index (κ1) is 28.1. The summed E-state index contributed by atoms with van der Waals surface area (Å²) in [5.41, 5.74) is 1.05. The maximum atomic E-state index is 13.6. The second-order valence-corrected chi connectivity index (χ2v) is 11.6. The van der Waals surface area contributed by atoms with Crippen LogP contribution in [0.2, 0.25) is 10.0 Å². The molecule has 3 N–H and O–H groups in total. The predicted molar refractivity (Wildman–Crippen MR) is 140 cm³/mol. The van der Waals surface area contributed by atoms with E-state index in [0.717, 1.165) is 19.1 Å². The molecule has 0 atom stereocenters. The lowest BCUT2D eigenvalue weighted by molar-refractivity contribution is -0.142. The summed E-state index contributed by atoms with van der Waals surface area (Å²) in [4.78, 5) is 43.4. The van der Waals surface area contributed by atoms with Crippen molar-refractivity contribution in [2.75, 3.05) is 13.1 Å². The lowest BCUT2D eigenvalue weighted by Crippen LogP contribution is -2.46. The maximum absolute atomic E-state index is 13.6. The van der Waals surface area contributed by atoms with E-state index in [4.69, 9.17) is 28.6 Å². The zero-order valence-corrected chi connectivity index (χ0v) is 22.5. The van der Waals surface area contributed by atoms with Gasteiger partial charge in [0.1, 0.15) is 0 Å². The molecule has 3 rings (SSSR count). The van der Waals surface area contributed by atoms with Crippen molar-refractivity contribution in [2.45, 2.75) is 65.3 Å². The fourth-order valence-corrected chi connectivity index (χ4v) is 6.04. The van der Waals surface area contributed by atoms with Crippen LogP contribution in [-0.2, 0) is 9.59 Å². The van der Waals surface area contributed by atoms with Gasteiger partial charge >= 0.3 is 5.97 Å². The van der Waals surface area contributed by atoms with Crippen molar-refractivity contribution < 1.29 is 19.5 Å². The number of aliphatic carboxylic acids is 1. The Morgan fingerprint density at radius 1 is 1.17 bits per heavy atom. The number of amides is 1. The van der Waals surface area contributed by atoms with E-state index in [-0.39, 0.29) is 56.8 Å². The van der Waals surface area contributed by atoms with Gasteiger partial charge < -0.3 is 20.7 Å². The molecule has 1 amide bonds. The van der Waals surface area contributed by atoms with Gasteiger partial charge in [-0.15, -0.1) is 0 Å². The molecule has 0 radical (unpaired) electrons. The van der Waals surface area contributed by atoms with Crippen LogP contribution >= 0.6 is 23.2 Å². The minimum atomic E-state index is -0.773. The molecule has 0 unspecified atom stereocenters. The summed E-state index contributed by atoms with van der Waals surface area (Å²) in [6.45, 7) is 6.27. The lowest BCUT2D eigenvalue weighted by atomic mass is 9.64. The molecule has 0 bridgehead atoms. The van der Waals surface area contributed by atoms with Crippen LogP contribution in [0.1, 0.15) is 69.7 Å². The highest BCUT2D eigenvalue weighted by Gasteiger charge is 2.38. The fraction of sp³-hybridized carbons (Fsp3) is 0.577. The fourth-order valence-electron chi connectivity index (χ4n) is 5.46. The summed E-state index contributed by atoms with van der Waals surface area (Å²) >= 11 is 12.4. The number of carbonyl (C=O) groups excluding carboxylic acids is 2. The van der Waals surface area contributed by atoms with Gasteiger partial charge in [0.05, 0.1) is 33.6 Å². The summed E-state index contributed by atoms with van der Waals surface area (Å²) in [6, 6.07) is 0.0281. The Bertz CT molecular complexity index is 1040. The van der Waals surface area contributed by atoms with Crippen molar-refractivity contribution in [2.24, 2.45) is 17.3 Å². The zero-order valence-electron chi connectivity index (χ0n) is 20.9. The van der Waals surface area contributed by atoms with Crippen molar-refractivity contribution in [3.05, 3.63) is 39.3 Å². The Morgan fingerprint density at radius 2 is 1.75 bits per heavy atom. The molecule has 8 nitrogen and oxygen atoms in total. The zero-order chi connectivity index (χ0) is 26.6. The quantitative estimate of drug-likeness (QED) is 0.220. The molecule has 0 saturated heterocycles. The molecule has 1 aromatic heterocycles. The Balaban J connectivity index is 1.79. The van der Waals surface area contributed by atoms with Gasteiger partial charge in [0.25, 0.3) is 5.91 Å². The molecule has 0 aromatic carbocycles. The average molecular weight is 537 g/mol. The standard InChI is InChI=1S/C26H34Cl2N4O4/c1-15(31-18-6-4-17(5-7-18)25(35)36)19(10-29)24(34)32(13-16-8-26(2,3)9-16)14-22(33)23-20(27)11-30-12-21(23)28/h10-12,16-18,29,31H,4-9,13-14H2,1-3H3,(H,35,36)/b19-15+,29-10?/t17-,18-. The van der Waals surface area contributed by atoms with Crippen LogP contribution in [0.15, 0.2) is 23.7 Å². The Hall–Kier alpha value is -2.45. The van der Waals surface area contributed by atoms with Crippen LogP contribution in [0.4, 0.5) is 0 Å². The summed E-state index contributed by atoms with van der Waals surface area (Å²) < 4.78 is 0. The monoisotopic (exact) mass is 536 g/mol. The summed E-state index contributed by atoms with van der Waals surface area (Å²) in [5.74, 6) is -1.65. The molecular weight excluding hydrogens is 503 g/mol. The van der Waals surface area contributed by atoms with Crippen LogP contribution in [0.3, 0.4) is 0 Å². The van der Waals surface area contributed by atoms with Gasteiger partial charge in [-0.3, -0.25) is 19.4 Å². The molecule has 36 heavy (non-hydrogen) atoms. The molecule has 0 aliphatic heterocycles. The SMILES string of the molecule is C/C(N[C@H]1CC[C@H](C(=O)O)CC1)=C(/C=N)C(=O)N(CC(=O)c1c(Cl)cncc1Cl)CC1CC(C)(C)C1. The minimum absolute atomic E-state index is 0.0281. The third-order valence-electron chi connectivity index (χ3n) is 7.19. The van der Waals surface area contributed by atoms with Gasteiger partial charge in [-0.05, 0) is 56.8 Å². The minimum Gasteiger partial charge on any atom is -0.481 e. The summed E-state index contributed by atoms with van der Waals surface area (Å²) in [6.07, 6.45) is 8.07. The van der Waals surface area contributed by atoms with E-state index in [1.807, 2.05) is 0 Å². The normalized spacial score (nSPS) is 22.1. The molecule has 1 aromatic rings. The van der Waals surface area contributed by atoms with Crippen molar-refractivity contribution >= 4 is 47.1 Å². The number of halogens is 2. The smallest absolute Gasteiger partial charge is 0.306 e. The summed E-state index contributed by atoms with van der Waals surface area (Å²) in [7, 11) is 0. The Morgan fingerprint density at radius 3 is 2.25 bits per heavy atom. The van der Waals surface area contributed by atoms with E-state index < -0.39 is 11.9 Å². The second kappa shape index (κ2) is 11.7. The molecule has 1 heterocycles. The third-order valence-corrected chi connectivity index (χ3v) is 7.76. The number of rotatable bonds is 10. The average Bonchev–Trinajstić information content (AvgIpc) is 2.78. The molecule has 0 spiro atoms. The largest absolute Gasteiger partial charge is 0.481 e. The predicted octanol–water partition coefficient (Wildman–Crippen LogP) is 4.99. The molecule has 196 valence electrons. The molecule has 2 aliphatic carbocycles. The highest BCUT2D eigenvalue weighted by Crippen LogP contribution is 2.45. The first-order valence-corrected chi connectivity index (χ1v) is 13.0. The molecule has 2 aliphatic rings. The van der Waals surface area contributed by atoms with Gasteiger partial charge in [-0.25, -0.2) is 0 Å². The van der Waals surface area contributed by atoms with E-state index in [9.17, 15) is 19.5 Å². The van der Waals surface area contributed by atoms with E-state index >= 15 is 0 Å². The number of Topliss-reactive ketones (excluding diaryl/α,β-unsaturated/α-hetero) is 1. The number of nitrogens with zero attached hydrogens (tertiary/aromatic N) is 2. The summed E-state index contributed by atoms with van der Waals surface area (Å²) in [5, 5.41) is 20.8. The highest BCUT2D eigenvalue weighted by molar-refractivity contribution is 6.39.